The number of benzene rings is 1. The lowest BCUT2D eigenvalue weighted by atomic mass is 9.96. The Labute approximate surface area is 147 Å². The number of fused-ring (bicyclic) bond motifs is 1. The van der Waals surface area contributed by atoms with Crippen molar-refractivity contribution >= 4 is 22.6 Å². The van der Waals surface area contributed by atoms with Crippen LogP contribution < -0.4 is 4.90 Å². The highest BCUT2D eigenvalue weighted by atomic mass is 32.2. The van der Waals surface area contributed by atoms with Gasteiger partial charge in [0.25, 0.3) is 0 Å². The van der Waals surface area contributed by atoms with Gasteiger partial charge in [0.1, 0.15) is 6.04 Å². The molecule has 2 aliphatic rings. The standard InChI is InChI=1S/C19H22N4S/c1-13-12-23-18(14-7-9-15(10-8-14)22(2)3)17(21-19(23)24-13)16-6-4-5-11-20-16/h4-11,13,17-18H,12H2,1-3H3/t13-,17+,18-/m0/s1. The molecule has 124 valence electrons. The number of thioether (sulfide) groups is 1. The fourth-order valence-corrected chi connectivity index (χ4v) is 4.54. The van der Waals surface area contributed by atoms with Gasteiger partial charge in [-0.25, -0.2) is 0 Å². The first-order valence-electron chi connectivity index (χ1n) is 8.33. The van der Waals surface area contributed by atoms with Crippen LogP contribution in [-0.2, 0) is 0 Å². The van der Waals surface area contributed by atoms with Crippen LogP contribution in [0.3, 0.4) is 0 Å². The average Bonchev–Trinajstić information content (AvgIpc) is 3.11. The van der Waals surface area contributed by atoms with Gasteiger partial charge in [-0.1, -0.05) is 36.9 Å². The average molecular weight is 338 g/mol. The van der Waals surface area contributed by atoms with Crippen molar-refractivity contribution in [3.05, 3.63) is 59.9 Å². The van der Waals surface area contributed by atoms with Crippen molar-refractivity contribution in [1.82, 2.24) is 9.88 Å². The normalized spacial score (nSPS) is 25.5. The Bertz CT molecular complexity index is 742. The minimum absolute atomic E-state index is 0.0754. The van der Waals surface area contributed by atoms with Crippen molar-refractivity contribution in [2.75, 3.05) is 25.5 Å². The number of rotatable bonds is 3. The maximum absolute atomic E-state index is 5.02. The van der Waals surface area contributed by atoms with Crippen molar-refractivity contribution < 1.29 is 0 Å². The largest absolute Gasteiger partial charge is 0.378 e. The molecule has 0 aliphatic carbocycles. The minimum atomic E-state index is 0.0754. The van der Waals surface area contributed by atoms with Gasteiger partial charge in [0.15, 0.2) is 5.17 Å². The van der Waals surface area contributed by atoms with Gasteiger partial charge in [-0.05, 0) is 29.8 Å². The molecular formula is C19H22N4S. The van der Waals surface area contributed by atoms with Crippen molar-refractivity contribution in [1.29, 1.82) is 0 Å². The van der Waals surface area contributed by atoms with Gasteiger partial charge in [0.05, 0.1) is 11.7 Å². The highest BCUT2D eigenvalue weighted by molar-refractivity contribution is 8.14. The number of aromatic nitrogens is 1. The Morgan fingerprint density at radius 1 is 1.12 bits per heavy atom. The Morgan fingerprint density at radius 2 is 1.92 bits per heavy atom. The maximum Gasteiger partial charge on any atom is 0.160 e. The monoisotopic (exact) mass is 338 g/mol. The van der Waals surface area contributed by atoms with E-state index in [-0.39, 0.29) is 12.1 Å². The zero-order valence-electron chi connectivity index (χ0n) is 14.3. The summed E-state index contributed by atoms with van der Waals surface area (Å²) in [6.07, 6.45) is 1.86. The quantitative estimate of drug-likeness (QED) is 0.853. The van der Waals surface area contributed by atoms with E-state index in [9.17, 15) is 0 Å². The number of hydrogen-bond donors (Lipinski definition) is 0. The number of aliphatic imine (C=N–C) groups is 1. The van der Waals surface area contributed by atoms with Crippen molar-refractivity contribution in [3.8, 4) is 0 Å². The van der Waals surface area contributed by atoms with E-state index in [1.807, 2.05) is 30.1 Å². The third-order valence-electron chi connectivity index (χ3n) is 4.63. The molecule has 0 spiro atoms. The van der Waals surface area contributed by atoms with Crippen molar-refractivity contribution in [2.24, 2.45) is 4.99 Å². The van der Waals surface area contributed by atoms with E-state index in [0.717, 1.165) is 12.2 Å². The van der Waals surface area contributed by atoms with Crippen LogP contribution in [0, 0.1) is 0 Å². The summed E-state index contributed by atoms with van der Waals surface area (Å²) in [5, 5.41) is 1.76. The lowest BCUT2D eigenvalue weighted by Gasteiger charge is -2.27. The van der Waals surface area contributed by atoms with E-state index >= 15 is 0 Å². The van der Waals surface area contributed by atoms with Crippen molar-refractivity contribution in [3.63, 3.8) is 0 Å². The molecule has 3 heterocycles. The summed E-state index contributed by atoms with van der Waals surface area (Å²) in [6.45, 7) is 3.32. The second kappa shape index (κ2) is 6.13. The minimum Gasteiger partial charge on any atom is -0.378 e. The Hall–Kier alpha value is -2.01. The molecule has 0 saturated carbocycles. The first-order chi connectivity index (χ1) is 11.6. The second-order valence-corrected chi connectivity index (χ2v) is 8.03. The van der Waals surface area contributed by atoms with Crippen LogP contribution in [0.15, 0.2) is 53.7 Å². The molecule has 0 amide bonds. The molecule has 1 aromatic heterocycles. The van der Waals surface area contributed by atoms with Gasteiger partial charge >= 0.3 is 0 Å². The van der Waals surface area contributed by atoms with E-state index in [1.165, 1.54) is 16.4 Å². The van der Waals surface area contributed by atoms with E-state index < -0.39 is 0 Å². The lowest BCUT2D eigenvalue weighted by molar-refractivity contribution is 0.321. The summed E-state index contributed by atoms with van der Waals surface area (Å²) in [4.78, 5) is 14.2. The predicted molar refractivity (Wildman–Crippen MR) is 102 cm³/mol. The van der Waals surface area contributed by atoms with Crippen LogP contribution in [-0.4, -0.2) is 40.9 Å². The van der Waals surface area contributed by atoms with E-state index in [2.05, 4.69) is 66.1 Å². The highest BCUT2D eigenvalue weighted by Crippen LogP contribution is 2.47. The molecule has 2 aromatic rings. The predicted octanol–water partition coefficient (Wildman–Crippen LogP) is 3.74. The summed E-state index contributed by atoms with van der Waals surface area (Å²) in [7, 11) is 4.14. The van der Waals surface area contributed by atoms with Crippen LogP contribution in [0.5, 0.6) is 0 Å². The zero-order valence-corrected chi connectivity index (χ0v) is 15.1. The third-order valence-corrected chi connectivity index (χ3v) is 5.73. The lowest BCUT2D eigenvalue weighted by Crippen LogP contribution is -2.28. The van der Waals surface area contributed by atoms with Crippen molar-refractivity contribution in [2.45, 2.75) is 24.3 Å². The molecule has 0 bridgehead atoms. The maximum atomic E-state index is 5.02. The summed E-state index contributed by atoms with van der Waals surface area (Å²) >= 11 is 1.88. The van der Waals surface area contributed by atoms with Crippen LogP contribution in [0.4, 0.5) is 5.69 Å². The molecule has 0 N–H and O–H groups in total. The highest BCUT2D eigenvalue weighted by Gasteiger charge is 2.43. The van der Waals surface area contributed by atoms with Gasteiger partial charge in [0, 0.05) is 37.8 Å². The number of nitrogens with zero attached hydrogens (tertiary/aromatic N) is 4. The van der Waals surface area contributed by atoms with Gasteiger partial charge in [0.2, 0.25) is 0 Å². The van der Waals surface area contributed by atoms with Gasteiger partial charge in [-0.15, -0.1) is 0 Å². The van der Waals surface area contributed by atoms with E-state index in [1.54, 1.807) is 0 Å². The molecule has 5 heteroatoms. The fourth-order valence-electron chi connectivity index (χ4n) is 3.45. The van der Waals surface area contributed by atoms with Gasteiger partial charge in [-0.2, -0.15) is 0 Å². The number of amidine groups is 1. The Kier molecular flexibility index (Phi) is 3.96. The molecule has 2 aliphatic heterocycles. The van der Waals surface area contributed by atoms with Crippen LogP contribution in [0.1, 0.15) is 30.3 Å². The smallest absolute Gasteiger partial charge is 0.160 e. The summed E-state index contributed by atoms with van der Waals surface area (Å²) in [5.74, 6) is 0. The van der Waals surface area contributed by atoms with Crippen LogP contribution in [0.2, 0.25) is 0 Å². The molecule has 1 saturated heterocycles. The molecule has 0 unspecified atom stereocenters. The molecule has 3 atom stereocenters. The van der Waals surface area contributed by atoms with Gasteiger partial charge in [-0.3, -0.25) is 9.98 Å². The number of hydrogen-bond acceptors (Lipinski definition) is 5. The van der Waals surface area contributed by atoms with E-state index in [0.29, 0.717) is 5.25 Å². The van der Waals surface area contributed by atoms with Crippen LogP contribution >= 0.6 is 11.8 Å². The first-order valence-corrected chi connectivity index (χ1v) is 9.21. The second-order valence-electron chi connectivity index (χ2n) is 6.62. The van der Waals surface area contributed by atoms with Gasteiger partial charge < -0.3 is 9.80 Å². The summed E-state index contributed by atoms with van der Waals surface area (Å²) in [6, 6.07) is 15.3. The topological polar surface area (TPSA) is 31.7 Å². The molecule has 4 rings (SSSR count). The number of pyridine rings is 1. The zero-order chi connectivity index (χ0) is 16.7. The SMILES string of the molecule is C[C@H]1CN2C(=N[C@H](c3ccccn3)[C@@H]2c2ccc(N(C)C)cc2)S1. The molecule has 1 aromatic carbocycles. The first kappa shape index (κ1) is 15.5. The van der Waals surface area contributed by atoms with Crippen LogP contribution in [0.25, 0.3) is 0 Å². The third kappa shape index (κ3) is 2.67. The molecule has 1 fully saturated rings. The number of anilines is 1. The molecular weight excluding hydrogens is 316 g/mol. The molecule has 4 nitrogen and oxygen atoms in total. The molecule has 0 radical (unpaired) electrons. The summed E-state index contributed by atoms with van der Waals surface area (Å²) < 4.78 is 0. The Balaban J connectivity index is 1.72. The Morgan fingerprint density at radius 3 is 2.58 bits per heavy atom. The summed E-state index contributed by atoms with van der Waals surface area (Å²) in [5.41, 5.74) is 3.58. The molecule has 24 heavy (non-hydrogen) atoms. The van der Waals surface area contributed by atoms with E-state index in [4.69, 9.17) is 4.99 Å². The fraction of sp³-hybridized carbons (Fsp3) is 0.368.